The lowest BCUT2D eigenvalue weighted by Gasteiger charge is -2.32. The molecule has 0 spiro atoms. The van der Waals surface area contributed by atoms with E-state index < -0.39 is 6.04 Å². The standard InChI is InChI=1S/C32H30Cl2N2O2/c1-35-32(38)30(20-23-11-5-2-6-12-23)36(22-24-17-18-28(33)29(34)19-24)31(37)21-27(25-13-7-3-8-14-25)26-15-9-4-10-16-26/h2-19,27,30H,20-22H2,1H3,(H,35,38)/t30-/m0/s1. The van der Waals surface area contributed by atoms with Crippen molar-refractivity contribution in [3.05, 3.63) is 141 Å². The van der Waals surface area contributed by atoms with Crippen molar-refractivity contribution in [3.63, 3.8) is 0 Å². The minimum absolute atomic E-state index is 0.127. The van der Waals surface area contributed by atoms with Crippen molar-refractivity contribution in [3.8, 4) is 0 Å². The highest BCUT2D eigenvalue weighted by Gasteiger charge is 2.32. The van der Waals surface area contributed by atoms with E-state index in [4.69, 9.17) is 23.2 Å². The number of halogens is 2. The van der Waals surface area contributed by atoms with E-state index in [0.717, 1.165) is 22.3 Å². The number of likely N-dealkylation sites (N-methyl/N-ethyl adjacent to an activating group) is 1. The van der Waals surface area contributed by atoms with Gasteiger partial charge in [0.15, 0.2) is 0 Å². The van der Waals surface area contributed by atoms with Gasteiger partial charge in [0, 0.05) is 32.4 Å². The van der Waals surface area contributed by atoms with E-state index in [9.17, 15) is 9.59 Å². The van der Waals surface area contributed by atoms with Crippen LogP contribution in [-0.2, 0) is 22.6 Å². The number of amides is 2. The summed E-state index contributed by atoms with van der Waals surface area (Å²) in [6.45, 7) is 0.219. The minimum Gasteiger partial charge on any atom is -0.357 e. The number of rotatable bonds is 10. The van der Waals surface area contributed by atoms with Gasteiger partial charge in [-0.1, -0.05) is 120 Å². The lowest BCUT2D eigenvalue weighted by atomic mass is 9.87. The summed E-state index contributed by atoms with van der Waals surface area (Å²) in [7, 11) is 1.60. The maximum Gasteiger partial charge on any atom is 0.242 e. The van der Waals surface area contributed by atoms with E-state index in [1.165, 1.54) is 0 Å². The highest BCUT2D eigenvalue weighted by atomic mass is 35.5. The fourth-order valence-electron chi connectivity index (χ4n) is 4.65. The molecule has 0 heterocycles. The molecular weight excluding hydrogens is 515 g/mol. The highest BCUT2D eigenvalue weighted by molar-refractivity contribution is 6.42. The van der Waals surface area contributed by atoms with Crippen LogP contribution in [0.15, 0.2) is 109 Å². The summed E-state index contributed by atoms with van der Waals surface area (Å²) in [5.41, 5.74) is 3.85. The maximum atomic E-state index is 14.2. The zero-order chi connectivity index (χ0) is 26.9. The van der Waals surface area contributed by atoms with Crippen LogP contribution < -0.4 is 5.32 Å². The first kappa shape index (κ1) is 27.4. The van der Waals surface area contributed by atoms with Gasteiger partial charge < -0.3 is 10.2 Å². The molecule has 1 atom stereocenters. The molecule has 38 heavy (non-hydrogen) atoms. The lowest BCUT2D eigenvalue weighted by molar-refractivity contribution is -0.141. The molecule has 4 nitrogen and oxygen atoms in total. The van der Waals surface area contributed by atoms with Gasteiger partial charge in [0.2, 0.25) is 11.8 Å². The number of nitrogens with zero attached hydrogens (tertiary/aromatic N) is 1. The molecule has 0 saturated carbocycles. The van der Waals surface area contributed by atoms with Crippen molar-refractivity contribution in [2.24, 2.45) is 0 Å². The van der Waals surface area contributed by atoms with E-state index >= 15 is 0 Å². The van der Waals surface area contributed by atoms with Crippen molar-refractivity contribution in [2.75, 3.05) is 7.05 Å². The van der Waals surface area contributed by atoms with Crippen molar-refractivity contribution in [1.29, 1.82) is 0 Å². The van der Waals surface area contributed by atoms with Crippen molar-refractivity contribution < 1.29 is 9.59 Å². The summed E-state index contributed by atoms with van der Waals surface area (Å²) in [5.74, 6) is -0.514. The Morgan fingerprint density at radius 3 is 1.82 bits per heavy atom. The molecule has 0 aliphatic carbocycles. The largest absolute Gasteiger partial charge is 0.357 e. The van der Waals surface area contributed by atoms with E-state index in [1.54, 1.807) is 24.1 Å². The average Bonchev–Trinajstić information content (AvgIpc) is 2.96. The summed E-state index contributed by atoms with van der Waals surface area (Å²) >= 11 is 12.5. The monoisotopic (exact) mass is 544 g/mol. The fourth-order valence-corrected chi connectivity index (χ4v) is 4.97. The molecule has 0 unspecified atom stereocenters. The number of carbonyl (C=O) groups excluding carboxylic acids is 2. The van der Waals surface area contributed by atoms with Crippen molar-refractivity contribution >= 4 is 35.0 Å². The molecule has 0 saturated heterocycles. The van der Waals surface area contributed by atoms with Crippen LogP contribution >= 0.6 is 23.2 Å². The summed E-state index contributed by atoms with van der Waals surface area (Å²) < 4.78 is 0. The normalized spacial score (nSPS) is 11.7. The predicted octanol–water partition coefficient (Wildman–Crippen LogP) is 6.90. The molecule has 0 aliphatic rings. The third kappa shape index (κ3) is 7.03. The van der Waals surface area contributed by atoms with Crippen LogP contribution in [-0.4, -0.2) is 29.8 Å². The Morgan fingerprint density at radius 2 is 1.29 bits per heavy atom. The van der Waals surface area contributed by atoms with E-state index in [2.05, 4.69) is 5.32 Å². The molecule has 4 rings (SSSR count). The molecule has 2 amide bonds. The molecule has 0 aromatic heterocycles. The zero-order valence-corrected chi connectivity index (χ0v) is 22.7. The van der Waals surface area contributed by atoms with Gasteiger partial charge in [-0.05, 0) is 34.4 Å². The molecule has 0 aliphatic heterocycles. The molecule has 0 bridgehead atoms. The van der Waals surface area contributed by atoms with Crippen LogP contribution in [0.2, 0.25) is 10.0 Å². The quantitative estimate of drug-likeness (QED) is 0.236. The summed E-state index contributed by atoms with van der Waals surface area (Å²) in [6, 6.07) is 34.3. The Bertz CT molecular complexity index is 1310. The van der Waals surface area contributed by atoms with Crippen LogP contribution in [0, 0.1) is 0 Å². The number of hydrogen-bond acceptors (Lipinski definition) is 2. The Balaban J connectivity index is 1.72. The Morgan fingerprint density at radius 1 is 0.737 bits per heavy atom. The molecule has 0 fully saturated rings. The van der Waals surface area contributed by atoms with Crippen LogP contribution in [0.1, 0.15) is 34.6 Å². The molecule has 4 aromatic carbocycles. The molecular formula is C32H30Cl2N2O2. The second kappa shape index (κ2) is 13.3. The van der Waals surface area contributed by atoms with E-state index in [-0.39, 0.29) is 30.7 Å². The average molecular weight is 546 g/mol. The zero-order valence-electron chi connectivity index (χ0n) is 21.2. The first-order valence-corrected chi connectivity index (χ1v) is 13.3. The Kier molecular flexibility index (Phi) is 9.58. The number of hydrogen-bond donors (Lipinski definition) is 1. The number of benzene rings is 4. The molecule has 194 valence electrons. The molecule has 1 N–H and O–H groups in total. The van der Waals surface area contributed by atoms with Crippen LogP contribution in [0.3, 0.4) is 0 Å². The first-order chi connectivity index (χ1) is 18.5. The summed E-state index contributed by atoms with van der Waals surface area (Å²) in [4.78, 5) is 29.1. The SMILES string of the molecule is CNC(=O)[C@H](Cc1ccccc1)N(Cc1ccc(Cl)c(Cl)c1)C(=O)CC(c1ccccc1)c1ccccc1. The smallest absolute Gasteiger partial charge is 0.242 e. The van der Waals surface area contributed by atoms with Crippen LogP contribution in [0.4, 0.5) is 0 Å². The van der Waals surface area contributed by atoms with Gasteiger partial charge in [-0.15, -0.1) is 0 Å². The summed E-state index contributed by atoms with van der Waals surface area (Å²) in [5, 5.41) is 3.61. The first-order valence-electron chi connectivity index (χ1n) is 12.5. The van der Waals surface area contributed by atoms with Gasteiger partial charge in [-0.3, -0.25) is 9.59 Å². The topological polar surface area (TPSA) is 49.4 Å². The van der Waals surface area contributed by atoms with Gasteiger partial charge in [0.05, 0.1) is 10.0 Å². The predicted molar refractivity (Wildman–Crippen MR) is 154 cm³/mol. The lowest BCUT2D eigenvalue weighted by Crippen LogP contribution is -2.50. The highest BCUT2D eigenvalue weighted by Crippen LogP contribution is 2.30. The third-order valence-corrected chi connectivity index (χ3v) is 7.38. The Labute approximate surface area is 234 Å². The van der Waals surface area contributed by atoms with Crippen molar-refractivity contribution in [1.82, 2.24) is 10.2 Å². The third-order valence-electron chi connectivity index (χ3n) is 6.64. The Hall–Kier alpha value is -3.60. The second-order valence-electron chi connectivity index (χ2n) is 9.17. The van der Waals surface area contributed by atoms with Gasteiger partial charge in [0.1, 0.15) is 6.04 Å². The van der Waals surface area contributed by atoms with Crippen LogP contribution in [0.5, 0.6) is 0 Å². The molecule has 4 aromatic rings. The molecule has 0 radical (unpaired) electrons. The number of carbonyl (C=O) groups is 2. The molecule has 6 heteroatoms. The van der Waals surface area contributed by atoms with Crippen LogP contribution in [0.25, 0.3) is 0 Å². The number of nitrogens with one attached hydrogen (secondary N) is 1. The van der Waals surface area contributed by atoms with E-state index in [0.29, 0.717) is 16.5 Å². The fraction of sp³-hybridized carbons (Fsp3) is 0.188. The minimum atomic E-state index is -0.712. The van der Waals surface area contributed by atoms with Gasteiger partial charge in [0.25, 0.3) is 0 Å². The van der Waals surface area contributed by atoms with Gasteiger partial charge >= 0.3 is 0 Å². The van der Waals surface area contributed by atoms with Gasteiger partial charge in [-0.2, -0.15) is 0 Å². The second-order valence-corrected chi connectivity index (χ2v) is 9.98. The van der Waals surface area contributed by atoms with Gasteiger partial charge in [-0.25, -0.2) is 0 Å². The van der Waals surface area contributed by atoms with E-state index in [1.807, 2.05) is 97.1 Å². The maximum absolute atomic E-state index is 14.2. The summed E-state index contributed by atoms with van der Waals surface area (Å²) in [6.07, 6.45) is 0.590. The van der Waals surface area contributed by atoms with Crippen molar-refractivity contribution in [2.45, 2.75) is 31.3 Å².